The molecule has 1 aliphatic heterocycles. The third-order valence-corrected chi connectivity index (χ3v) is 3.15. The van der Waals surface area contributed by atoms with Crippen molar-refractivity contribution in [3.63, 3.8) is 0 Å². The normalized spacial score (nSPS) is 19.2. The van der Waals surface area contributed by atoms with Crippen LogP contribution in [0.5, 0.6) is 5.75 Å². The van der Waals surface area contributed by atoms with Crippen LogP contribution in [0.2, 0.25) is 0 Å². The van der Waals surface area contributed by atoms with Gasteiger partial charge in [0.2, 0.25) is 0 Å². The first-order valence-corrected chi connectivity index (χ1v) is 5.32. The molecule has 16 heavy (non-hydrogen) atoms. The number of carbonyl (C=O) groups is 1. The molecule has 2 rings (SSSR count). The minimum atomic E-state index is -0.0992. The summed E-state index contributed by atoms with van der Waals surface area (Å²) in [6, 6.07) is 3.93. The van der Waals surface area contributed by atoms with Gasteiger partial charge in [-0.05, 0) is 36.6 Å². The largest absolute Gasteiger partial charge is 0.496 e. The second-order valence-electron chi connectivity index (χ2n) is 4.01. The summed E-state index contributed by atoms with van der Waals surface area (Å²) in [7, 11) is 1.67. The summed E-state index contributed by atoms with van der Waals surface area (Å²) in [5.41, 5.74) is 3.45. The first-order valence-electron chi connectivity index (χ1n) is 5.32. The Labute approximate surface area is 95.0 Å². The van der Waals surface area contributed by atoms with Crippen LogP contribution in [0.15, 0.2) is 12.1 Å². The average Bonchev–Trinajstić information content (AvgIpc) is 2.69. The van der Waals surface area contributed by atoms with Gasteiger partial charge in [0.15, 0.2) is 0 Å². The molecule has 1 aromatic rings. The molecule has 0 bridgehead atoms. The highest BCUT2D eigenvalue weighted by Gasteiger charge is 2.23. The number of nitrogens with one attached hydrogen (secondary N) is 2. The fourth-order valence-electron chi connectivity index (χ4n) is 2.06. The maximum Gasteiger partial charge on any atom is 0.315 e. The number of ether oxygens (including phenoxy) is 1. The van der Waals surface area contributed by atoms with Gasteiger partial charge in [-0.25, -0.2) is 4.79 Å². The summed E-state index contributed by atoms with van der Waals surface area (Å²) in [6.07, 6.45) is 0. The summed E-state index contributed by atoms with van der Waals surface area (Å²) < 4.78 is 5.26. The van der Waals surface area contributed by atoms with Crippen molar-refractivity contribution in [2.75, 3.05) is 13.7 Å². The fraction of sp³-hybridized carbons (Fsp3) is 0.417. The third-order valence-electron chi connectivity index (χ3n) is 3.15. The van der Waals surface area contributed by atoms with E-state index in [9.17, 15) is 4.79 Å². The Kier molecular flexibility index (Phi) is 2.73. The minimum Gasteiger partial charge on any atom is -0.496 e. The van der Waals surface area contributed by atoms with Crippen LogP contribution in [0.4, 0.5) is 4.79 Å². The molecular formula is C12H16N2O2. The smallest absolute Gasteiger partial charge is 0.315 e. The van der Waals surface area contributed by atoms with E-state index >= 15 is 0 Å². The lowest BCUT2D eigenvalue weighted by molar-refractivity contribution is 0.247. The van der Waals surface area contributed by atoms with Crippen LogP contribution >= 0.6 is 0 Å². The number of methoxy groups -OCH3 is 1. The van der Waals surface area contributed by atoms with Crippen molar-refractivity contribution in [1.29, 1.82) is 0 Å². The van der Waals surface area contributed by atoms with Crippen molar-refractivity contribution in [3.8, 4) is 5.75 Å². The Hall–Kier alpha value is -1.71. The van der Waals surface area contributed by atoms with Crippen molar-refractivity contribution in [2.24, 2.45) is 0 Å². The average molecular weight is 220 g/mol. The maximum atomic E-state index is 11.1. The van der Waals surface area contributed by atoms with Crippen LogP contribution in [0.3, 0.4) is 0 Å². The standard InChI is InChI=1S/C12H16N2O2/c1-7-8(2)11(16-3)5-4-9(7)10-6-13-12(15)14-10/h4-5,10H,6H2,1-3H3,(H2,13,14,15). The maximum absolute atomic E-state index is 11.1. The van der Waals surface area contributed by atoms with Crippen molar-refractivity contribution >= 4 is 6.03 Å². The third kappa shape index (κ3) is 1.71. The zero-order chi connectivity index (χ0) is 11.7. The molecule has 4 heteroatoms. The highest BCUT2D eigenvalue weighted by atomic mass is 16.5. The van der Waals surface area contributed by atoms with Crippen molar-refractivity contribution in [2.45, 2.75) is 19.9 Å². The number of carbonyl (C=O) groups excluding carboxylic acids is 1. The second-order valence-corrected chi connectivity index (χ2v) is 4.01. The highest BCUT2D eigenvalue weighted by molar-refractivity contribution is 5.77. The quantitative estimate of drug-likeness (QED) is 0.796. The van der Waals surface area contributed by atoms with Gasteiger partial charge in [0.05, 0.1) is 13.2 Å². The van der Waals surface area contributed by atoms with Crippen LogP contribution in [-0.2, 0) is 0 Å². The molecule has 1 aliphatic rings. The highest BCUT2D eigenvalue weighted by Crippen LogP contribution is 2.28. The first kappa shape index (κ1) is 10.8. The zero-order valence-corrected chi connectivity index (χ0v) is 9.76. The number of hydrogen-bond acceptors (Lipinski definition) is 2. The predicted molar refractivity (Wildman–Crippen MR) is 61.7 cm³/mol. The van der Waals surface area contributed by atoms with Crippen molar-refractivity contribution < 1.29 is 9.53 Å². The zero-order valence-electron chi connectivity index (χ0n) is 9.76. The lowest BCUT2D eigenvalue weighted by Crippen LogP contribution is -2.22. The van der Waals surface area contributed by atoms with E-state index in [2.05, 4.69) is 17.6 Å². The topological polar surface area (TPSA) is 50.4 Å². The summed E-state index contributed by atoms with van der Waals surface area (Å²) in [5, 5.41) is 5.65. The monoisotopic (exact) mass is 220 g/mol. The molecule has 2 N–H and O–H groups in total. The first-order chi connectivity index (χ1) is 7.63. The Bertz CT molecular complexity index is 429. The molecule has 1 aromatic carbocycles. The number of benzene rings is 1. The van der Waals surface area contributed by atoms with Gasteiger partial charge < -0.3 is 15.4 Å². The molecule has 0 saturated carbocycles. The van der Waals surface area contributed by atoms with Crippen LogP contribution in [-0.4, -0.2) is 19.7 Å². The molecule has 4 nitrogen and oxygen atoms in total. The van der Waals surface area contributed by atoms with Crippen LogP contribution < -0.4 is 15.4 Å². The molecule has 2 amide bonds. The molecule has 0 aromatic heterocycles. The van der Waals surface area contributed by atoms with E-state index in [0.29, 0.717) is 6.54 Å². The number of hydrogen-bond donors (Lipinski definition) is 2. The minimum absolute atomic E-state index is 0.0668. The Morgan fingerprint density at radius 2 is 2.06 bits per heavy atom. The van der Waals surface area contributed by atoms with E-state index in [0.717, 1.165) is 16.9 Å². The van der Waals surface area contributed by atoms with Gasteiger partial charge in [-0.3, -0.25) is 0 Å². The van der Waals surface area contributed by atoms with E-state index in [1.165, 1.54) is 5.56 Å². The molecule has 0 spiro atoms. The number of amides is 2. The summed E-state index contributed by atoms with van der Waals surface area (Å²) in [5.74, 6) is 0.888. The van der Waals surface area contributed by atoms with Gasteiger partial charge in [-0.15, -0.1) is 0 Å². The number of urea groups is 1. The Balaban J connectivity index is 2.35. The molecule has 86 valence electrons. The van der Waals surface area contributed by atoms with E-state index in [1.807, 2.05) is 19.1 Å². The van der Waals surface area contributed by atoms with Crippen LogP contribution in [0.1, 0.15) is 22.7 Å². The van der Waals surface area contributed by atoms with Gasteiger partial charge >= 0.3 is 6.03 Å². The van der Waals surface area contributed by atoms with Crippen LogP contribution in [0, 0.1) is 13.8 Å². The molecule has 0 radical (unpaired) electrons. The van der Waals surface area contributed by atoms with Gasteiger partial charge in [0, 0.05) is 6.54 Å². The summed E-state index contributed by atoms with van der Waals surface area (Å²) in [6.45, 7) is 4.73. The molecule has 1 unspecified atom stereocenters. The van der Waals surface area contributed by atoms with Gasteiger partial charge in [-0.1, -0.05) is 6.07 Å². The second kappa shape index (κ2) is 4.04. The summed E-state index contributed by atoms with van der Waals surface area (Å²) >= 11 is 0. The molecule has 0 aliphatic carbocycles. The Morgan fingerprint density at radius 3 is 2.62 bits per heavy atom. The van der Waals surface area contributed by atoms with E-state index in [-0.39, 0.29) is 12.1 Å². The predicted octanol–water partition coefficient (Wildman–Crippen LogP) is 1.67. The summed E-state index contributed by atoms with van der Waals surface area (Å²) in [4.78, 5) is 11.1. The van der Waals surface area contributed by atoms with Gasteiger partial charge in [0.1, 0.15) is 5.75 Å². The molecular weight excluding hydrogens is 204 g/mol. The lowest BCUT2D eigenvalue weighted by atomic mass is 9.97. The fourth-order valence-corrected chi connectivity index (χ4v) is 2.06. The lowest BCUT2D eigenvalue weighted by Gasteiger charge is -2.16. The number of rotatable bonds is 2. The van der Waals surface area contributed by atoms with Gasteiger partial charge in [0.25, 0.3) is 0 Å². The van der Waals surface area contributed by atoms with Crippen molar-refractivity contribution in [1.82, 2.24) is 10.6 Å². The molecule has 1 saturated heterocycles. The molecule has 1 heterocycles. The van der Waals surface area contributed by atoms with Crippen LogP contribution in [0.25, 0.3) is 0 Å². The molecule has 1 fully saturated rings. The van der Waals surface area contributed by atoms with E-state index in [1.54, 1.807) is 7.11 Å². The SMILES string of the molecule is COc1ccc(C2CNC(=O)N2)c(C)c1C. The van der Waals surface area contributed by atoms with Crippen molar-refractivity contribution in [3.05, 3.63) is 28.8 Å². The van der Waals surface area contributed by atoms with E-state index in [4.69, 9.17) is 4.74 Å². The van der Waals surface area contributed by atoms with E-state index < -0.39 is 0 Å². The van der Waals surface area contributed by atoms with Gasteiger partial charge in [-0.2, -0.15) is 0 Å². The Morgan fingerprint density at radius 1 is 1.31 bits per heavy atom. The molecule has 1 atom stereocenters.